The predicted octanol–water partition coefficient (Wildman–Crippen LogP) is 3.95. The van der Waals surface area contributed by atoms with Crippen LogP contribution in [0.2, 0.25) is 0 Å². The van der Waals surface area contributed by atoms with Gasteiger partial charge >= 0.3 is 0 Å². The Balaban J connectivity index is 2.05. The van der Waals surface area contributed by atoms with Gasteiger partial charge < -0.3 is 10.2 Å². The molecule has 1 aromatic carbocycles. The lowest BCUT2D eigenvalue weighted by atomic mass is 9.89. The van der Waals surface area contributed by atoms with Gasteiger partial charge in [0, 0.05) is 25.8 Å². The number of rotatable bonds is 6. The van der Waals surface area contributed by atoms with Gasteiger partial charge in [-0.25, -0.2) is 4.39 Å². The van der Waals surface area contributed by atoms with Crippen LogP contribution in [-0.4, -0.2) is 20.1 Å². The van der Waals surface area contributed by atoms with Gasteiger partial charge in [-0.15, -0.1) is 0 Å². The van der Waals surface area contributed by atoms with Crippen molar-refractivity contribution < 1.29 is 4.39 Å². The summed E-state index contributed by atoms with van der Waals surface area (Å²) >= 11 is 0. The van der Waals surface area contributed by atoms with Crippen LogP contribution in [0.3, 0.4) is 0 Å². The highest BCUT2D eigenvalue weighted by molar-refractivity contribution is 5.53. The van der Waals surface area contributed by atoms with E-state index in [9.17, 15) is 4.39 Å². The summed E-state index contributed by atoms with van der Waals surface area (Å²) < 4.78 is 13.5. The number of anilines is 1. The summed E-state index contributed by atoms with van der Waals surface area (Å²) in [5, 5.41) is 3.30. The van der Waals surface area contributed by atoms with E-state index in [1.807, 2.05) is 6.07 Å². The molecule has 1 fully saturated rings. The van der Waals surface area contributed by atoms with Crippen LogP contribution in [0.15, 0.2) is 18.2 Å². The number of halogens is 1. The normalized spacial score (nSPS) is 16.4. The standard InChI is InChI=1S/C17H27FN2/c1-3-19-12-15-11-16(18)9-10-17(15)20(2)13-14-7-5-4-6-8-14/h9-11,14,19H,3-8,12-13H2,1-2H3. The summed E-state index contributed by atoms with van der Waals surface area (Å²) in [6, 6.07) is 5.16. The van der Waals surface area contributed by atoms with E-state index in [0.29, 0.717) is 0 Å². The highest BCUT2D eigenvalue weighted by Gasteiger charge is 2.17. The second-order valence-electron chi connectivity index (χ2n) is 5.94. The van der Waals surface area contributed by atoms with Gasteiger partial charge in [0.05, 0.1) is 0 Å². The van der Waals surface area contributed by atoms with Gasteiger partial charge in [-0.2, -0.15) is 0 Å². The van der Waals surface area contributed by atoms with Crippen LogP contribution in [0.1, 0.15) is 44.6 Å². The van der Waals surface area contributed by atoms with Crippen LogP contribution in [0.5, 0.6) is 0 Å². The van der Waals surface area contributed by atoms with Gasteiger partial charge in [-0.3, -0.25) is 0 Å². The second kappa shape index (κ2) is 7.63. The van der Waals surface area contributed by atoms with Crippen LogP contribution in [0.4, 0.5) is 10.1 Å². The summed E-state index contributed by atoms with van der Waals surface area (Å²) in [6.07, 6.45) is 6.81. The maximum atomic E-state index is 13.5. The topological polar surface area (TPSA) is 15.3 Å². The molecule has 3 heteroatoms. The third kappa shape index (κ3) is 4.20. The third-order valence-corrected chi connectivity index (χ3v) is 4.28. The average Bonchev–Trinajstić information content (AvgIpc) is 2.46. The first-order chi connectivity index (χ1) is 9.70. The number of hydrogen-bond donors (Lipinski definition) is 1. The summed E-state index contributed by atoms with van der Waals surface area (Å²) in [5.74, 6) is 0.651. The van der Waals surface area contributed by atoms with Crippen LogP contribution in [0, 0.1) is 11.7 Å². The van der Waals surface area contributed by atoms with Crippen molar-refractivity contribution in [3.05, 3.63) is 29.6 Å². The molecule has 0 spiro atoms. The number of benzene rings is 1. The molecule has 1 aliphatic carbocycles. The summed E-state index contributed by atoms with van der Waals surface area (Å²) in [7, 11) is 2.14. The number of nitrogens with zero attached hydrogens (tertiary/aromatic N) is 1. The maximum Gasteiger partial charge on any atom is 0.123 e. The van der Waals surface area contributed by atoms with E-state index >= 15 is 0 Å². The molecule has 0 saturated heterocycles. The molecule has 2 rings (SSSR count). The third-order valence-electron chi connectivity index (χ3n) is 4.28. The lowest BCUT2D eigenvalue weighted by Crippen LogP contribution is -2.28. The fourth-order valence-electron chi connectivity index (χ4n) is 3.18. The fourth-order valence-corrected chi connectivity index (χ4v) is 3.18. The zero-order valence-electron chi connectivity index (χ0n) is 12.8. The van der Waals surface area contributed by atoms with Gasteiger partial charge in [-0.1, -0.05) is 26.2 Å². The lowest BCUT2D eigenvalue weighted by Gasteiger charge is -2.29. The zero-order chi connectivity index (χ0) is 14.4. The van der Waals surface area contributed by atoms with Crippen molar-refractivity contribution in [2.24, 2.45) is 5.92 Å². The first-order valence-electron chi connectivity index (χ1n) is 7.91. The molecule has 0 aromatic heterocycles. The Morgan fingerprint density at radius 2 is 2.00 bits per heavy atom. The second-order valence-corrected chi connectivity index (χ2v) is 5.94. The van der Waals surface area contributed by atoms with Gasteiger partial charge in [0.2, 0.25) is 0 Å². The minimum absolute atomic E-state index is 0.146. The molecule has 1 aromatic rings. The van der Waals surface area contributed by atoms with Crippen LogP contribution in [0.25, 0.3) is 0 Å². The molecule has 0 radical (unpaired) electrons. The summed E-state index contributed by atoms with van der Waals surface area (Å²) in [5.41, 5.74) is 2.23. The van der Waals surface area contributed by atoms with Gasteiger partial charge in [0.25, 0.3) is 0 Å². The molecular weight excluding hydrogens is 251 g/mol. The largest absolute Gasteiger partial charge is 0.374 e. The first-order valence-corrected chi connectivity index (χ1v) is 7.91. The van der Waals surface area contributed by atoms with Crippen LogP contribution >= 0.6 is 0 Å². The van der Waals surface area contributed by atoms with Crippen molar-refractivity contribution in [2.45, 2.75) is 45.6 Å². The summed E-state index contributed by atoms with van der Waals surface area (Å²) in [4.78, 5) is 2.31. The molecule has 1 saturated carbocycles. The molecule has 0 aliphatic heterocycles. The van der Waals surface area contributed by atoms with Gasteiger partial charge in [0.15, 0.2) is 0 Å². The Morgan fingerprint density at radius 3 is 2.70 bits per heavy atom. The van der Waals surface area contributed by atoms with Crippen LogP contribution < -0.4 is 10.2 Å². The summed E-state index contributed by atoms with van der Waals surface area (Å²) in [6.45, 7) is 4.80. The molecule has 0 unspecified atom stereocenters. The molecule has 0 atom stereocenters. The monoisotopic (exact) mass is 278 g/mol. The molecule has 112 valence electrons. The highest BCUT2D eigenvalue weighted by atomic mass is 19.1. The average molecular weight is 278 g/mol. The van der Waals surface area contributed by atoms with Gasteiger partial charge in [0.1, 0.15) is 5.82 Å². The van der Waals surface area contributed by atoms with Crippen molar-refractivity contribution in [1.29, 1.82) is 0 Å². The molecule has 0 heterocycles. The van der Waals surface area contributed by atoms with E-state index in [1.54, 1.807) is 12.1 Å². The van der Waals surface area contributed by atoms with Gasteiger partial charge in [-0.05, 0) is 49.1 Å². The first kappa shape index (κ1) is 15.3. The predicted molar refractivity (Wildman–Crippen MR) is 83.6 cm³/mol. The fraction of sp³-hybridized carbons (Fsp3) is 0.647. The Kier molecular flexibility index (Phi) is 5.84. The Morgan fingerprint density at radius 1 is 1.25 bits per heavy atom. The van der Waals surface area contributed by atoms with E-state index in [1.165, 1.54) is 32.1 Å². The molecule has 0 amide bonds. The number of nitrogens with one attached hydrogen (secondary N) is 1. The van der Waals surface area contributed by atoms with E-state index in [4.69, 9.17) is 0 Å². The Bertz CT molecular complexity index is 413. The maximum absolute atomic E-state index is 13.5. The van der Waals surface area contributed by atoms with E-state index < -0.39 is 0 Å². The van der Waals surface area contributed by atoms with Crippen molar-refractivity contribution in [3.8, 4) is 0 Å². The molecule has 1 aliphatic rings. The number of hydrogen-bond acceptors (Lipinski definition) is 2. The van der Waals surface area contributed by atoms with Crippen LogP contribution in [-0.2, 0) is 6.54 Å². The Labute approximate surface area is 122 Å². The molecule has 0 bridgehead atoms. The van der Waals surface area contributed by atoms with E-state index in [0.717, 1.165) is 36.8 Å². The molecule has 1 N–H and O–H groups in total. The van der Waals surface area contributed by atoms with Crippen molar-refractivity contribution in [2.75, 3.05) is 25.0 Å². The molecule has 2 nitrogen and oxygen atoms in total. The van der Waals surface area contributed by atoms with Crippen molar-refractivity contribution in [1.82, 2.24) is 5.32 Å². The SMILES string of the molecule is CCNCc1cc(F)ccc1N(C)CC1CCCCC1. The highest BCUT2D eigenvalue weighted by Crippen LogP contribution is 2.27. The van der Waals surface area contributed by atoms with Crippen molar-refractivity contribution >= 4 is 5.69 Å². The zero-order valence-corrected chi connectivity index (χ0v) is 12.8. The minimum Gasteiger partial charge on any atom is -0.374 e. The lowest BCUT2D eigenvalue weighted by molar-refractivity contribution is 0.362. The quantitative estimate of drug-likeness (QED) is 0.847. The van der Waals surface area contributed by atoms with E-state index in [-0.39, 0.29) is 5.82 Å². The minimum atomic E-state index is -0.146. The molecule has 20 heavy (non-hydrogen) atoms. The smallest absolute Gasteiger partial charge is 0.123 e. The molecular formula is C17H27FN2. The van der Waals surface area contributed by atoms with E-state index in [2.05, 4.69) is 24.2 Å². The Hall–Kier alpha value is -1.09. The van der Waals surface area contributed by atoms with Crippen molar-refractivity contribution in [3.63, 3.8) is 0 Å².